The molecule has 0 saturated heterocycles. The Morgan fingerprint density at radius 1 is 0.788 bits per heavy atom. The van der Waals surface area contributed by atoms with Crippen molar-refractivity contribution in [3.63, 3.8) is 0 Å². The number of benzene rings is 3. The Morgan fingerprint density at radius 3 is 2.36 bits per heavy atom. The average Bonchev–Trinajstić information content (AvgIpc) is 3.25. The van der Waals surface area contributed by atoms with Crippen LogP contribution in [-0.4, -0.2) is 18.2 Å². The van der Waals surface area contributed by atoms with E-state index in [2.05, 4.69) is 29.6 Å². The van der Waals surface area contributed by atoms with E-state index in [4.69, 9.17) is 19.5 Å². The minimum absolute atomic E-state index is 0.601. The molecule has 2 heterocycles. The molecule has 33 heavy (non-hydrogen) atoms. The van der Waals surface area contributed by atoms with Crippen molar-refractivity contribution >= 4 is 59.4 Å². The Morgan fingerprint density at radius 2 is 1.52 bits per heavy atom. The number of nitrogens with one attached hydrogen (secondary N) is 1. The van der Waals surface area contributed by atoms with Gasteiger partial charge in [-0.05, 0) is 62.4 Å². The van der Waals surface area contributed by atoms with Gasteiger partial charge in [-0.1, -0.05) is 35.6 Å². The average molecular weight is 474 g/mol. The predicted molar refractivity (Wildman–Crippen MR) is 139 cm³/mol. The van der Waals surface area contributed by atoms with E-state index in [9.17, 15) is 0 Å². The quantitative estimate of drug-likeness (QED) is 0.270. The van der Waals surface area contributed by atoms with Crippen LogP contribution in [0.25, 0.3) is 20.3 Å². The second kappa shape index (κ2) is 9.60. The van der Waals surface area contributed by atoms with Crippen LogP contribution < -0.4 is 19.6 Å². The SMILES string of the molecule is CCOc1ccccc1N=c1nc2c(ccc3sc(Nc4ccccc4OCC)ccc32)s1. The Labute approximate surface area is 200 Å². The minimum atomic E-state index is 0.601. The van der Waals surface area contributed by atoms with Crippen LogP contribution >= 0.6 is 22.7 Å². The van der Waals surface area contributed by atoms with Gasteiger partial charge in [0.2, 0.25) is 4.80 Å². The molecule has 0 radical (unpaired) electrons. The van der Waals surface area contributed by atoms with Crippen LogP contribution in [0.2, 0.25) is 0 Å². The van der Waals surface area contributed by atoms with Gasteiger partial charge >= 0.3 is 0 Å². The van der Waals surface area contributed by atoms with Crippen molar-refractivity contribution in [2.75, 3.05) is 18.5 Å². The van der Waals surface area contributed by atoms with E-state index in [0.717, 1.165) is 53.0 Å². The lowest BCUT2D eigenvalue weighted by Crippen LogP contribution is -1.97. The van der Waals surface area contributed by atoms with E-state index in [1.54, 1.807) is 22.7 Å². The van der Waals surface area contributed by atoms with Crippen LogP contribution in [0, 0.1) is 0 Å². The number of thiazole rings is 1. The predicted octanol–water partition coefficient (Wildman–Crippen LogP) is 7.28. The molecule has 166 valence electrons. The Bertz CT molecular complexity index is 1490. The van der Waals surface area contributed by atoms with Crippen LogP contribution in [0.1, 0.15) is 13.8 Å². The molecule has 2 aromatic heterocycles. The molecule has 1 N–H and O–H groups in total. The smallest absolute Gasteiger partial charge is 0.210 e. The van der Waals surface area contributed by atoms with Gasteiger partial charge in [-0.2, -0.15) is 0 Å². The van der Waals surface area contributed by atoms with Crippen molar-refractivity contribution in [2.45, 2.75) is 13.8 Å². The molecular weight excluding hydrogens is 450 g/mol. The monoisotopic (exact) mass is 473 g/mol. The van der Waals surface area contributed by atoms with E-state index >= 15 is 0 Å². The third-order valence-electron chi connectivity index (χ3n) is 5.00. The summed E-state index contributed by atoms with van der Waals surface area (Å²) < 4.78 is 13.7. The van der Waals surface area contributed by atoms with Crippen molar-refractivity contribution in [1.82, 2.24) is 4.98 Å². The zero-order chi connectivity index (χ0) is 22.6. The summed E-state index contributed by atoms with van der Waals surface area (Å²) >= 11 is 3.28. The highest BCUT2D eigenvalue weighted by Gasteiger charge is 2.09. The van der Waals surface area contributed by atoms with Crippen molar-refractivity contribution in [3.8, 4) is 11.5 Å². The molecule has 0 spiro atoms. The highest BCUT2D eigenvalue weighted by molar-refractivity contribution is 7.22. The summed E-state index contributed by atoms with van der Waals surface area (Å²) in [5.74, 6) is 1.62. The minimum Gasteiger partial charge on any atom is -0.492 e. The van der Waals surface area contributed by atoms with Crippen molar-refractivity contribution in [2.24, 2.45) is 4.99 Å². The van der Waals surface area contributed by atoms with Gasteiger partial charge in [0.25, 0.3) is 0 Å². The number of hydrogen-bond acceptors (Lipinski definition) is 7. The van der Waals surface area contributed by atoms with Crippen LogP contribution in [0.5, 0.6) is 11.5 Å². The first kappa shape index (κ1) is 21.4. The molecule has 0 unspecified atom stereocenters. The van der Waals surface area contributed by atoms with E-state index in [1.165, 1.54) is 0 Å². The standard InChI is InChI=1S/C26H23N3O2S2/c1-3-30-20-11-7-5-9-18(20)27-24-16-13-17-22(32-24)14-15-23-25(17)29-26(33-23)28-19-10-6-8-12-21(19)31-4-2/h5-16,27H,3-4H2,1-2H3. The second-order valence-corrected chi connectivity index (χ2v) is 9.28. The largest absolute Gasteiger partial charge is 0.492 e. The fraction of sp³-hybridized carbons (Fsp3) is 0.154. The zero-order valence-electron chi connectivity index (χ0n) is 18.4. The number of anilines is 2. The molecule has 0 aliphatic heterocycles. The molecule has 0 bridgehead atoms. The summed E-state index contributed by atoms with van der Waals surface area (Å²) in [6, 6.07) is 24.3. The number of para-hydroxylation sites is 4. The van der Waals surface area contributed by atoms with Crippen LogP contribution in [0.15, 0.2) is 77.8 Å². The topological polar surface area (TPSA) is 55.7 Å². The zero-order valence-corrected chi connectivity index (χ0v) is 20.0. The van der Waals surface area contributed by atoms with Gasteiger partial charge in [-0.3, -0.25) is 0 Å². The number of aromatic nitrogens is 1. The highest BCUT2D eigenvalue weighted by Crippen LogP contribution is 2.35. The maximum Gasteiger partial charge on any atom is 0.210 e. The van der Waals surface area contributed by atoms with Crippen LogP contribution in [0.3, 0.4) is 0 Å². The molecule has 0 aliphatic rings. The van der Waals surface area contributed by atoms with Gasteiger partial charge in [-0.15, -0.1) is 11.3 Å². The maximum absolute atomic E-state index is 5.74. The van der Waals surface area contributed by atoms with E-state index in [1.807, 2.05) is 62.4 Å². The van der Waals surface area contributed by atoms with Gasteiger partial charge < -0.3 is 14.8 Å². The summed E-state index contributed by atoms with van der Waals surface area (Å²) in [5.41, 5.74) is 2.73. The highest BCUT2D eigenvalue weighted by atomic mass is 32.1. The molecule has 0 amide bonds. The Kier molecular flexibility index (Phi) is 6.24. The normalized spacial score (nSPS) is 11.8. The van der Waals surface area contributed by atoms with Crippen molar-refractivity contribution < 1.29 is 9.47 Å². The number of ether oxygens (including phenoxy) is 2. The summed E-state index contributed by atoms with van der Waals surface area (Å²) in [7, 11) is 0. The third-order valence-corrected chi connectivity index (χ3v) is 6.94. The number of rotatable bonds is 7. The molecule has 0 saturated carbocycles. The molecule has 5 nitrogen and oxygen atoms in total. The van der Waals surface area contributed by atoms with Gasteiger partial charge in [0.05, 0.1) is 34.1 Å². The van der Waals surface area contributed by atoms with Crippen LogP contribution in [-0.2, 0) is 0 Å². The first-order chi connectivity index (χ1) is 16.2. The summed E-state index contributed by atoms with van der Waals surface area (Å²) in [6.07, 6.45) is 0. The molecule has 5 rings (SSSR count). The Hall–Kier alpha value is -3.42. The van der Waals surface area contributed by atoms with Gasteiger partial charge in [-0.25, -0.2) is 9.98 Å². The molecule has 3 aromatic carbocycles. The van der Waals surface area contributed by atoms with Gasteiger partial charge in [0, 0.05) is 10.1 Å². The molecule has 0 aliphatic carbocycles. The molecule has 0 fully saturated rings. The van der Waals surface area contributed by atoms with Crippen molar-refractivity contribution in [3.05, 3.63) is 77.6 Å². The fourth-order valence-electron chi connectivity index (χ4n) is 3.57. The first-order valence-corrected chi connectivity index (χ1v) is 12.5. The lowest BCUT2D eigenvalue weighted by atomic mass is 10.2. The molecule has 0 atom stereocenters. The second-order valence-electron chi connectivity index (χ2n) is 7.19. The van der Waals surface area contributed by atoms with Gasteiger partial charge in [0.15, 0.2) is 0 Å². The molecular formula is C26H23N3O2S2. The maximum atomic E-state index is 5.74. The van der Waals surface area contributed by atoms with E-state index in [0.29, 0.717) is 13.2 Å². The summed E-state index contributed by atoms with van der Waals surface area (Å²) in [5, 5.41) is 5.66. The number of hydrogen-bond donors (Lipinski definition) is 1. The van der Waals surface area contributed by atoms with Crippen molar-refractivity contribution in [1.29, 1.82) is 0 Å². The van der Waals surface area contributed by atoms with E-state index in [-0.39, 0.29) is 0 Å². The summed E-state index contributed by atoms with van der Waals surface area (Å²) in [4.78, 5) is 10.3. The lowest BCUT2D eigenvalue weighted by Gasteiger charge is -2.12. The lowest BCUT2D eigenvalue weighted by molar-refractivity contribution is 0.341. The molecule has 5 aromatic rings. The van der Waals surface area contributed by atoms with Gasteiger partial charge in [0.1, 0.15) is 17.2 Å². The number of nitrogens with zero attached hydrogens (tertiary/aromatic N) is 2. The van der Waals surface area contributed by atoms with E-state index < -0.39 is 0 Å². The summed E-state index contributed by atoms with van der Waals surface area (Å²) in [6.45, 7) is 5.19. The fourth-order valence-corrected chi connectivity index (χ4v) is 5.39. The molecule has 7 heteroatoms. The van der Waals surface area contributed by atoms with Crippen LogP contribution in [0.4, 0.5) is 16.4 Å². The Balaban J connectivity index is 1.52. The third kappa shape index (κ3) is 4.55. The first-order valence-electron chi connectivity index (χ1n) is 10.8. The number of fused-ring (bicyclic) bond motifs is 3.